The van der Waals surface area contributed by atoms with Crippen molar-refractivity contribution in [3.05, 3.63) is 23.5 Å². The smallest absolute Gasteiger partial charge is 0.373 e. The number of aromatic carboxylic acids is 1. The number of halogens is 1. The van der Waals surface area contributed by atoms with Crippen molar-refractivity contribution in [2.75, 3.05) is 0 Å². The molecule has 0 bridgehead atoms. The van der Waals surface area contributed by atoms with Gasteiger partial charge in [-0.25, -0.2) is 19.2 Å². The Bertz CT molecular complexity index is 339. The summed E-state index contributed by atoms with van der Waals surface area (Å²) in [5.74, 6) is -2.34. The molecule has 1 N–H and O–H groups in total. The Morgan fingerprint density at radius 1 is 1.62 bits per heavy atom. The first-order valence-electron chi connectivity index (χ1n) is 3.78. The summed E-state index contributed by atoms with van der Waals surface area (Å²) in [6, 6.07) is 0. The first-order valence-corrected chi connectivity index (χ1v) is 3.78. The Hall–Kier alpha value is -1.52. The van der Waals surface area contributed by atoms with E-state index >= 15 is 0 Å². The molecule has 1 aromatic rings. The van der Waals surface area contributed by atoms with Gasteiger partial charge < -0.3 is 5.11 Å². The van der Waals surface area contributed by atoms with Gasteiger partial charge in [-0.3, -0.25) is 0 Å². The topological polar surface area (TPSA) is 63.1 Å². The number of hydrogen-bond acceptors (Lipinski definition) is 3. The quantitative estimate of drug-likeness (QED) is 0.755. The summed E-state index contributed by atoms with van der Waals surface area (Å²) in [5.41, 5.74) is 0.132. The van der Waals surface area contributed by atoms with Crippen molar-refractivity contribution in [2.24, 2.45) is 0 Å². The minimum Gasteiger partial charge on any atom is -0.475 e. The largest absolute Gasteiger partial charge is 0.475 e. The highest BCUT2D eigenvalue weighted by Gasteiger charge is 2.13. The highest BCUT2D eigenvalue weighted by molar-refractivity contribution is 5.82. The lowest BCUT2D eigenvalue weighted by molar-refractivity contribution is 0.0682. The van der Waals surface area contributed by atoms with Crippen LogP contribution in [0.2, 0.25) is 0 Å². The van der Waals surface area contributed by atoms with Gasteiger partial charge in [0.25, 0.3) is 0 Å². The van der Waals surface area contributed by atoms with Gasteiger partial charge >= 0.3 is 5.97 Å². The first-order chi connectivity index (χ1) is 6.02. The van der Waals surface area contributed by atoms with Gasteiger partial charge in [0.2, 0.25) is 5.82 Å². The van der Waals surface area contributed by atoms with Crippen molar-refractivity contribution in [1.82, 2.24) is 9.97 Å². The number of carboxylic acids is 1. The van der Waals surface area contributed by atoms with Crippen LogP contribution in [-0.2, 0) is 0 Å². The van der Waals surface area contributed by atoms with Crippen molar-refractivity contribution in [3.63, 3.8) is 0 Å². The third kappa shape index (κ3) is 1.99. The predicted octanol–water partition coefficient (Wildman–Crippen LogP) is 1.44. The van der Waals surface area contributed by atoms with E-state index in [0.29, 0.717) is 0 Å². The summed E-state index contributed by atoms with van der Waals surface area (Å²) in [7, 11) is 0. The fourth-order valence-electron chi connectivity index (χ4n) is 0.888. The van der Waals surface area contributed by atoms with Crippen LogP contribution in [0.1, 0.15) is 36.1 Å². The van der Waals surface area contributed by atoms with E-state index in [4.69, 9.17) is 5.11 Å². The van der Waals surface area contributed by atoms with Gasteiger partial charge in [0.1, 0.15) is 0 Å². The van der Waals surface area contributed by atoms with Crippen molar-refractivity contribution in [1.29, 1.82) is 0 Å². The Morgan fingerprint density at radius 2 is 2.23 bits per heavy atom. The van der Waals surface area contributed by atoms with Gasteiger partial charge in [-0.05, 0) is 5.92 Å². The minimum atomic E-state index is -1.25. The fraction of sp³-hybridized carbons (Fsp3) is 0.375. The van der Waals surface area contributed by atoms with Crippen LogP contribution in [-0.4, -0.2) is 21.0 Å². The van der Waals surface area contributed by atoms with Crippen LogP contribution >= 0.6 is 0 Å². The molecular formula is C8H9FN2O2. The number of hydrogen-bond donors (Lipinski definition) is 1. The molecule has 1 rings (SSSR count). The van der Waals surface area contributed by atoms with Crippen LogP contribution in [0.15, 0.2) is 6.20 Å². The van der Waals surface area contributed by atoms with Crippen LogP contribution in [0.3, 0.4) is 0 Å². The summed E-state index contributed by atoms with van der Waals surface area (Å²) >= 11 is 0. The van der Waals surface area contributed by atoms with E-state index < -0.39 is 11.8 Å². The van der Waals surface area contributed by atoms with E-state index in [0.717, 1.165) is 6.20 Å². The number of carboxylic acid groups (broad SMARTS) is 1. The molecule has 0 aromatic carbocycles. The molecule has 70 valence electrons. The molecule has 0 radical (unpaired) electrons. The van der Waals surface area contributed by atoms with Gasteiger partial charge in [0.15, 0.2) is 5.82 Å². The molecule has 0 atom stereocenters. The molecular weight excluding hydrogens is 175 g/mol. The van der Waals surface area contributed by atoms with E-state index in [1.165, 1.54) is 0 Å². The van der Waals surface area contributed by atoms with E-state index in [2.05, 4.69) is 9.97 Å². The summed E-state index contributed by atoms with van der Waals surface area (Å²) in [6.07, 6.45) is 0.881. The third-order valence-corrected chi connectivity index (χ3v) is 1.51. The molecule has 1 heterocycles. The van der Waals surface area contributed by atoms with Crippen LogP contribution < -0.4 is 0 Å². The van der Waals surface area contributed by atoms with Crippen molar-refractivity contribution < 1.29 is 14.3 Å². The molecule has 0 saturated carbocycles. The Labute approximate surface area is 74.5 Å². The maximum absolute atomic E-state index is 13.0. The van der Waals surface area contributed by atoms with Crippen molar-refractivity contribution in [3.8, 4) is 0 Å². The van der Waals surface area contributed by atoms with Crippen LogP contribution in [0.4, 0.5) is 4.39 Å². The average Bonchev–Trinajstić information content (AvgIpc) is 2.04. The molecule has 0 saturated heterocycles. The van der Waals surface area contributed by atoms with E-state index in [9.17, 15) is 9.18 Å². The lowest BCUT2D eigenvalue weighted by atomic mass is 10.1. The number of carbonyl (C=O) groups is 1. The Balaban J connectivity index is 3.19. The normalized spacial score (nSPS) is 10.5. The van der Waals surface area contributed by atoms with Crippen LogP contribution in [0.25, 0.3) is 0 Å². The minimum absolute atomic E-state index is 0.132. The highest BCUT2D eigenvalue weighted by atomic mass is 19.1. The average molecular weight is 184 g/mol. The number of aromatic nitrogens is 2. The SMILES string of the molecule is CC(C)c1nc(C(=O)O)ncc1F. The van der Waals surface area contributed by atoms with Crippen LogP contribution in [0.5, 0.6) is 0 Å². The maximum atomic E-state index is 13.0. The third-order valence-electron chi connectivity index (χ3n) is 1.51. The van der Waals surface area contributed by atoms with Crippen LogP contribution in [0, 0.1) is 5.82 Å². The zero-order valence-corrected chi connectivity index (χ0v) is 7.28. The lowest BCUT2D eigenvalue weighted by Crippen LogP contribution is -2.09. The number of rotatable bonds is 2. The molecule has 1 aromatic heterocycles. The van der Waals surface area contributed by atoms with E-state index in [-0.39, 0.29) is 17.4 Å². The second-order valence-corrected chi connectivity index (χ2v) is 2.89. The maximum Gasteiger partial charge on any atom is 0.373 e. The Kier molecular flexibility index (Phi) is 2.55. The highest BCUT2D eigenvalue weighted by Crippen LogP contribution is 2.14. The van der Waals surface area contributed by atoms with Gasteiger partial charge in [-0.1, -0.05) is 13.8 Å². The van der Waals surface area contributed by atoms with Gasteiger partial charge in [0.05, 0.1) is 11.9 Å². The standard InChI is InChI=1S/C8H9FN2O2/c1-4(2)6-5(9)3-10-7(11-6)8(12)13/h3-4H,1-2H3,(H,12,13). The molecule has 13 heavy (non-hydrogen) atoms. The zero-order chi connectivity index (χ0) is 10.0. The summed E-state index contributed by atoms with van der Waals surface area (Å²) in [5, 5.41) is 8.53. The van der Waals surface area contributed by atoms with Gasteiger partial charge in [-0.15, -0.1) is 0 Å². The molecule has 0 amide bonds. The van der Waals surface area contributed by atoms with Gasteiger partial charge in [-0.2, -0.15) is 0 Å². The molecule has 0 aliphatic heterocycles. The zero-order valence-electron chi connectivity index (χ0n) is 7.28. The van der Waals surface area contributed by atoms with Crippen molar-refractivity contribution >= 4 is 5.97 Å². The summed E-state index contributed by atoms with van der Waals surface area (Å²) < 4.78 is 13.0. The fourth-order valence-corrected chi connectivity index (χ4v) is 0.888. The summed E-state index contributed by atoms with van der Waals surface area (Å²) in [4.78, 5) is 17.4. The second-order valence-electron chi connectivity index (χ2n) is 2.89. The molecule has 0 aliphatic carbocycles. The molecule has 4 nitrogen and oxygen atoms in total. The lowest BCUT2D eigenvalue weighted by Gasteiger charge is -2.05. The Morgan fingerprint density at radius 3 is 2.69 bits per heavy atom. The van der Waals surface area contributed by atoms with Crippen molar-refractivity contribution in [2.45, 2.75) is 19.8 Å². The summed E-state index contributed by atoms with van der Waals surface area (Å²) in [6.45, 7) is 3.47. The van der Waals surface area contributed by atoms with E-state index in [1.807, 2.05) is 0 Å². The molecule has 5 heteroatoms. The second kappa shape index (κ2) is 3.47. The monoisotopic (exact) mass is 184 g/mol. The number of nitrogens with zero attached hydrogens (tertiary/aromatic N) is 2. The van der Waals surface area contributed by atoms with E-state index in [1.54, 1.807) is 13.8 Å². The molecule has 0 aliphatic rings. The molecule has 0 spiro atoms. The van der Waals surface area contributed by atoms with Gasteiger partial charge in [0, 0.05) is 0 Å². The molecule has 0 unspecified atom stereocenters. The first kappa shape index (κ1) is 9.57. The predicted molar refractivity (Wildman–Crippen MR) is 43.0 cm³/mol. The molecule has 0 fully saturated rings.